The van der Waals surface area contributed by atoms with Crippen LogP contribution in [0.1, 0.15) is 51.5 Å². The normalized spacial score (nSPS) is 11.9. The summed E-state index contributed by atoms with van der Waals surface area (Å²) in [7, 11) is 1.43. The Labute approximate surface area is 198 Å². The number of hydrogen-bond donors (Lipinski definition) is 1. The van der Waals surface area contributed by atoms with Crippen molar-refractivity contribution in [2.45, 2.75) is 26.9 Å². The summed E-state index contributed by atoms with van der Waals surface area (Å²) >= 11 is 1.06. The molecule has 1 unspecified atom stereocenters. The van der Waals surface area contributed by atoms with Gasteiger partial charge in [-0.3, -0.25) is 4.79 Å². The Morgan fingerprint density at radius 2 is 1.94 bits per heavy atom. The van der Waals surface area contributed by atoms with Crippen LogP contribution in [-0.4, -0.2) is 45.4 Å². The van der Waals surface area contributed by atoms with Gasteiger partial charge >= 0.3 is 11.9 Å². The lowest BCUT2D eigenvalue weighted by Crippen LogP contribution is -2.18. The van der Waals surface area contributed by atoms with Gasteiger partial charge in [0.1, 0.15) is 9.71 Å². The van der Waals surface area contributed by atoms with E-state index in [1.165, 1.54) is 11.8 Å². The summed E-state index contributed by atoms with van der Waals surface area (Å²) in [5.74, 6) is -0.865. The molecule has 0 amide bonds. The van der Waals surface area contributed by atoms with Crippen LogP contribution in [-0.2, 0) is 9.47 Å². The zero-order chi connectivity index (χ0) is 24.4. The molecule has 0 bridgehead atoms. The van der Waals surface area contributed by atoms with Gasteiger partial charge in [-0.05, 0) is 38.5 Å². The van der Waals surface area contributed by atoms with E-state index in [-0.39, 0.29) is 23.9 Å². The van der Waals surface area contributed by atoms with Gasteiger partial charge in [-0.25, -0.2) is 19.3 Å². The number of aromatic nitrogens is 4. The Morgan fingerprint density at radius 1 is 1.21 bits per heavy atom. The van der Waals surface area contributed by atoms with Crippen molar-refractivity contribution < 1.29 is 23.8 Å². The fraction of sp³-hybridized carbons (Fsp3) is 0.261. The molecule has 10 nitrogen and oxygen atoms in total. The second-order valence-corrected chi connectivity index (χ2v) is 8.28. The molecule has 0 aliphatic rings. The number of carbonyl (C=O) groups excluding carboxylic acids is 2. The first-order chi connectivity index (χ1) is 16.3. The largest absolute Gasteiger partial charge is 0.493 e. The Morgan fingerprint density at radius 3 is 2.62 bits per heavy atom. The van der Waals surface area contributed by atoms with E-state index in [2.05, 4.69) is 15.1 Å². The fourth-order valence-corrected chi connectivity index (χ4v) is 4.46. The number of fused-ring (bicyclic) bond motifs is 1. The van der Waals surface area contributed by atoms with E-state index in [1.807, 2.05) is 30.3 Å². The second kappa shape index (κ2) is 9.48. The maximum absolute atomic E-state index is 12.9. The zero-order valence-corrected chi connectivity index (χ0v) is 19.8. The van der Waals surface area contributed by atoms with Gasteiger partial charge in [0, 0.05) is 0 Å². The van der Waals surface area contributed by atoms with Crippen LogP contribution in [0, 0.1) is 6.92 Å². The fourth-order valence-electron chi connectivity index (χ4n) is 3.38. The standard InChI is InChI=1S/C23H22N4O6S/c1-5-32-23(30)18-12(2)16-20(28)24-19(25-21(16)34-18)13(3)33-22(29)17-15(31-4)11-27(26-17)14-9-7-6-8-10-14/h6-11,13H,5H2,1-4H3,(H,24,25,28). The average Bonchev–Trinajstić information content (AvgIpc) is 3.41. The molecule has 3 aromatic heterocycles. The first kappa shape index (κ1) is 23.2. The van der Waals surface area contributed by atoms with E-state index in [1.54, 1.807) is 27.0 Å². The van der Waals surface area contributed by atoms with Crippen molar-refractivity contribution in [2.75, 3.05) is 13.7 Å². The van der Waals surface area contributed by atoms with E-state index in [0.717, 1.165) is 17.0 Å². The summed E-state index contributed by atoms with van der Waals surface area (Å²) in [5.41, 5.74) is 0.797. The number of ether oxygens (including phenoxy) is 3. The summed E-state index contributed by atoms with van der Waals surface area (Å²) in [6.45, 7) is 5.17. The number of esters is 2. The molecule has 176 valence electrons. The molecule has 1 N–H and O–H groups in total. The number of rotatable bonds is 7. The number of aryl methyl sites for hydroxylation is 1. The third kappa shape index (κ3) is 4.29. The van der Waals surface area contributed by atoms with Crippen LogP contribution < -0.4 is 10.3 Å². The number of methoxy groups -OCH3 is 1. The minimum atomic E-state index is -0.898. The van der Waals surface area contributed by atoms with Crippen LogP contribution in [0.4, 0.5) is 0 Å². The number of aromatic amines is 1. The highest BCUT2D eigenvalue weighted by molar-refractivity contribution is 7.20. The molecule has 1 aromatic carbocycles. The summed E-state index contributed by atoms with van der Waals surface area (Å²) in [4.78, 5) is 45.5. The lowest BCUT2D eigenvalue weighted by atomic mass is 10.2. The average molecular weight is 483 g/mol. The van der Waals surface area contributed by atoms with Gasteiger partial charge in [0.05, 0.1) is 31.0 Å². The number of carbonyl (C=O) groups is 2. The molecule has 0 aliphatic carbocycles. The number of hydrogen-bond acceptors (Lipinski definition) is 9. The molecule has 3 heterocycles. The number of nitrogens with zero attached hydrogens (tertiary/aromatic N) is 3. The minimum Gasteiger partial charge on any atom is -0.493 e. The monoisotopic (exact) mass is 482 g/mol. The Balaban J connectivity index is 1.61. The van der Waals surface area contributed by atoms with E-state index in [4.69, 9.17) is 14.2 Å². The van der Waals surface area contributed by atoms with Gasteiger partial charge in [-0.15, -0.1) is 11.3 Å². The predicted octanol–water partition coefficient (Wildman–Crippen LogP) is 3.58. The lowest BCUT2D eigenvalue weighted by Gasteiger charge is -2.12. The van der Waals surface area contributed by atoms with Crippen LogP contribution in [0.5, 0.6) is 5.75 Å². The molecule has 1 atom stereocenters. The van der Waals surface area contributed by atoms with Crippen LogP contribution >= 0.6 is 11.3 Å². The molecule has 11 heteroatoms. The van der Waals surface area contributed by atoms with Crippen molar-refractivity contribution in [3.63, 3.8) is 0 Å². The molecule has 34 heavy (non-hydrogen) atoms. The molecular formula is C23H22N4O6S. The van der Waals surface area contributed by atoms with Crippen LogP contribution in [0.3, 0.4) is 0 Å². The predicted molar refractivity (Wildman–Crippen MR) is 125 cm³/mol. The third-order valence-corrected chi connectivity index (χ3v) is 6.23. The topological polar surface area (TPSA) is 125 Å². The smallest absolute Gasteiger partial charge is 0.363 e. The van der Waals surface area contributed by atoms with Crippen molar-refractivity contribution in [3.8, 4) is 11.4 Å². The van der Waals surface area contributed by atoms with Gasteiger partial charge < -0.3 is 19.2 Å². The quantitative estimate of drug-likeness (QED) is 0.396. The first-order valence-electron chi connectivity index (χ1n) is 10.4. The molecule has 4 rings (SSSR count). The highest BCUT2D eigenvalue weighted by atomic mass is 32.1. The maximum atomic E-state index is 12.9. The molecular weight excluding hydrogens is 460 g/mol. The zero-order valence-electron chi connectivity index (χ0n) is 18.9. The molecule has 0 radical (unpaired) electrons. The molecule has 0 spiro atoms. The van der Waals surface area contributed by atoms with Crippen molar-refractivity contribution in [2.24, 2.45) is 0 Å². The van der Waals surface area contributed by atoms with Gasteiger partial charge in [0.15, 0.2) is 17.7 Å². The number of H-pyrrole nitrogens is 1. The van der Waals surface area contributed by atoms with Crippen molar-refractivity contribution in [1.29, 1.82) is 0 Å². The number of thiophene rings is 1. The number of benzene rings is 1. The van der Waals surface area contributed by atoms with Crippen molar-refractivity contribution in [1.82, 2.24) is 19.7 Å². The summed E-state index contributed by atoms with van der Waals surface area (Å²) in [5, 5.41) is 4.60. The van der Waals surface area contributed by atoms with Crippen molar-refractivity contribution >= 4 is 33.5 Å². The summed E-state index contributed by atoms with van der Waals surface area (Å²) in [6, 6.07) is 9.24. The minimum absolute atomic E-state index is 0.0156. The number of nitrogens with one attached hydrogen (secondary N) is 1. The molecule has 0 fully saturated rings. The van der Waals surface area contributed by atoms with Gasteiger partial charge in [-0.2, -0.15) is 5.10 Å². The highest BCUT2D eigenvalue weighted by Crippen LogP contribution is 2.29. The highest BCUT2D eigenvalue weighted by Gasteiger charge is 2.25. The SMILES string of the molecule is CCOC(=O)c1sc2nc(C(C)OC(=O)c3nn(-c4ccccc4)cc3OC)[nH]c(=O)c2c1C. The third-order valence-electron chi connectivity index (χ3n) is 5.06. The second-order valence-electron chi connectivity index (χ2n) is 7.28. The number of para-hydroxylation sites is 1. The first-order valence-corrected chi connectivity index (χ1v) is 11.3. The summed E-state index contributed by atoms with van der Waals surface area (Å²) < 4.78 is 17.4. The van der Waals surface area contributed by atoms with Gasteiger partial charge in [0.25, 0.3) is 5.56 Å². The van der Waals surface area contributed by atoms with Crippen molar-refractivity contribution in [3.05, 3.63) is 68.8 Å². The Kier molecular flexibility index (Phi) is 6.46. The van der Waals surface area contributed by atoms with Gasteiger partial charge in [-0.1, -0.05) is 18.2 Å². The molecule has 0 saturated carbocycles. The lowest BCUT2D eigenvalue weighted by molar-refractivity contribution is 0.0308. The molecule has 4 aromatic rings. The summed E-state index contributed by atoms with van der Waals surface area (Å²) in [6.07, 6.45) is 0.679. The van der Waals surface area contributed by atoms with Crippen LogP contribution in [0.15, 0.2) is 41.3 Å². The maximum Gasteiger partial charge on any atom is 0.363 e. The van der Waals surface area contributed by atoms with Gasteiger partial charge in [0.2, 0.25) is 5.69 Å². The molecule has 0 aliphatic heterocycles. The Hall–Kier alpha value is -3.99. The van der Waals surface area contributed by atoms with Crippen LogP contribution in [0.25, 0.3) is 15.9 Å². The van der Waals surface area contributed by atoms with E-state index in [0.29, 0.717) is 20.7 Å². The van der Waals surface area contributed by atoms with E-state index >= 15 is 0 Å². The Bertz CT molecular complexity index is 1420. The van der Waals surface area contributed by atoms with E-state index in [9.17, 15) is 14.4 Å². The molecule has 0 saturated heterocycles. The van der Waals surface area contributed by atoms with E-state index < -0.39 is 23.6 Å². The van der Waals surface area contributed by atoms with Crippen LogP contribution in [0.2, 0.25) is 0 Å².